The van der Waals surface area contributed by atoms with Crippen LogP contribution >= 0.6 is 0 Å². The Bertz CT molecular complexity index is 1240. The number of nitrogens with zero attached hydrogens (tertiary/aromatic N) is 1. The Kier molecular flexibility index (Phi) is 4.15. The normalized spacial score (nSPS) is 15.9. The summed E-state index contributed by atoms with van der Waals surface area (Å²) >= 11 is 0. The van der Waals surface area contributed by atoms with Crippen molar-refractivity contribution in [2.45, 2.75) is 17.9 Å². The molecule has 0 atom stereocenters. The van der Waals surface area contributed by atoms with Gasteiger partial charge in [0, 0.05) is 13.1 Å². The topological polar surface area (TPSA) is 75.7 Å². The van der Waals surface area contributed by atoms with E-state index in [0.29, 0.717) is 36.7 Å². The molecule has 0 aromatic heterocycles. The van der Waals surface area contributed by atoms with E-state index in [1.54, 1.807) is 24.3 Å². The maximum atomic E-state index is 13.2. The first-order valence-electron chi connectivity index (χ1n) is 9.31. The van der Waals surface area contributed by atoms with Gasteiger partial charge >= 0.3 is 0 Å². The molecule has 0 saturated carbocycles. The van der Waals surface area contributed by atoms with Gasteiger partial charge in [-0.25, -0.2) is 8.42 Å². The van der Waals surface area contributed by atoms with Gasteiger partial charge in [-0.15, -0.1) is 0 Å². The molecule has 2 aliphatic heterocycles. The van der Waals surface area contributed by atoms with Gasteiger partial charge in [-0.1, -0.05) is 36.4 Å². The lowest BCUT2D eigenvalue weighted by Gasteiger charge is -2.28. The third kappa shape index (κ3) is 3.08. The Morgan fingerprint density at radius 3 is 2.52 bits per heavy atom. The van der Waals surface area contributed by atoms with Gasteiger partial charge in [-0.05, 0) is 47.9 Å². The monoisotopic (exact) mass is 406 g/mol. The number of para-hydroxylation sites is 2. The fourth-order valence-electron chi connectivity index (χ4n) is 3.73. The number of carbonyl (C=O) groups is 1. The van der Waals surface area contributed by atoms with E-state index in [-0.39, 0.29) is 10.5 Å². The minimum atomic E-state index is -3.74. The first-order valence-corrected chi connectivity index (χ1v) is 10.8. The number of hydrogen-bond acceptors (Lipinski definition) is 4. The van der Waals surface area contributed by atoms with Gasteiger partial charge in [0.15, 0.2) is 5.75 Å². The van der Waals surface area contributed by atoms with Crippen LogP contribution in [0.1, 0.15) is 21.5 Å². The zero-order chi connectivity index (χ0) is 20.0. The summed E-state index contributed by atoms with van der Waals surface area (Å²) in [6.45, 7) is 0.730. The van der Waals surface area contributed by atoms with Crippen molar-refractivity contribution in [1.29, 1.82) is 0 Å². The highest BCUT2D eigenvalue weighted by atomic mass is 32.2. The van der Waals surface area contributed by atoms with Crippen molar-refractivity contribution < 1.29 is 17.9 Å². The molecule has 0 unspecified atom stereocenters. The molecule has 2 heterocycles. The summed E-state index contributed by atoms with van der Waals surface area (Å²) in [5, 5.41) is 2.78. The molecule has 0 spiro atoms. The summed E-state index contributed by atoms with van der Waals surface area (Å²) in [5.41, 5.74) is 2.92. The number of carbonyl (C=O) groups excluding carboxylic acids is 1. The van der Waals surface area contributed by atoms with Gasteiger partial charge in [0.05, 0.1) is 16.1 Å². The number of amides is 1. The van der Waals surface area contributed by atoms with Crippen molar-refractivity contribution in [2.24, 2.45) is 0 Å². The van der Waals surface area contributed by atoms with Crippen LogP contribution in [0.15, 0.2) is 71.6 Å². The molecule has 0 saturated heterocycles. The highest BCUT2D eigenvalue weighted by Gasteiger charge is 2.30. The minimum Gasteiger partial charge on any atom is -0.454 e. The SMILES string of the molecule is O=C1Nc2ccccc2Oc2ccc(S(=O)(=O)N3CCc4ccccc4C3)cc21. The van der Waals surface area contributed by atoms with E-state index in [1.807, 2.05) is 30.3 Å². The maximum absolute atomic E-state index is 13.2. The van der Waals surface area contributed by atoms with Crippen molar-refractivity contribution in [1.82, 2.24) is 4.31 Å². The van der Waals surface area contributed by atoms with E-state index in [0.717, 1.165) is 5.56 Å². The molecule has 7 heteroatoms. The number of rotatable bonds is 2. The quantitative estimate of drug-likeness (QED) is 0.703. The number of anilines is 1. The number of ether oxygens (including phenoxy) is 1. The summed E-state index contributed by atoms with van der Waals surface area (Å²) in [5.74, 6) is 0.448. The van der Waals surface area contributed by atoms with E-state index in [2.05, 4.69) is 5.32 Å². The third-order valence-corrected chi connectivity index (χ3v) is 7.13. The predicted molar refractivity (Wildman–Crippen MR) is 109 cm³/mol. The molecule has 3 aromatic rings. The van der Waals surface area contributed by atoms with Crippen LogP contribution in [0.2, 0.25) is 0 Å². The molecule has 6 nitrogen and oxygen atoms in total. The van der Waals surface area contributed by atoms with Crippen LogP contribution in [0.25, 0.3) is 0 Å². The number of sulfonamides is 1. The minimum absolute atomic E-state index is 0.0836. The van der Waals surface area contributed by atoms with E-state index >= 15 is 0 Å². The van der Waals surface area contributed by atoms with Gasteiger partial charge < -0.3 is 10.1 Å². The van der Waals surface area contributed by atoms with E-state index in [1.165, 1.54) is 22.0 Å². The first-order chi connectivity index (χ1) is 14.0. The zero-order valence-corrected chi connectivity index (χ0v) is 16.3. The Hall–Kier alpha value is -3.16. The molecule has 0 fully saturated rings. The maximum Gasteiger partial charge on any atom is 0.259 e. The molecule has 3 aromatic carbocycles. The van der Waals surface area contributed by atoms with Crippen LogP contribution in [0.5, 0.6) is 11.5 Å². The average molecular weight is 406 g/mol. The molecule has 0 radical (unpaired) electrons. The lowest BCUT2D eigenvalue weighted by molar-refractivity contribution is 0.102. The predicted octanol–water partition coefficient (Wildman–Crippen LogP) is 3.79. The summed E-state index contributed by atoms with van der Waals surface area (Å²) in [6.07, 6.45) is 0.666. The Labute approximate surface area is 168 Å². The lowest BCUT2D eigenvalue weighted by atomic mass is 10.0. The number of benzene rings is 3. The number of nitrogens with one attached hydrogen (secondary N) is 1. The van der Waals surface area contributed by atoms with Crippen molar-refractivity contribution in [3.8, 4) is 11.5 Å². The van der Waals surface area contributed by atoms with Gasteiger partial charge in [-0.2, -0.15) is 4.31 Å². The Morgan fingerprint density at radius 1 is 0.897 bits per heavy atom. The second kappa shape index (κ2) is 6.72. The van der Waals surface area contributed by atoms with E-state index < -0.39 is 15.9 Å². The van der Waals surface area contributed by atoms with Gasteiger partial charge in [0.2, 0.25) is 10.0 Å². The molecule has 0 bridgehead atoms. The molecule has 2 aliphatic rings. The van der Waals surface area contributed by atoms with Crippen molar-refractivity contribution >= 4 is 21.6 Å². The van der Waals surface area contributed by atoms with E-state index in [4.69, 9.17) is 4.74 Å². The van der Waals surface area contributed by atoms with Crippen molar-refractivity contribution in [3.05, 3.63) is 83.4 Å². The lowest BCUT2D eigenvalue weighted by Crippen LogP contribution is -2.36. The zero-order valence-electron chi connectivity index (χ0n) is 15.5. The highest BCUT2D eigenvalue weighted by Crippen LogP contribution is 2.37. The largest absolute Gasteiger partial charge is 0.454 e. The van der Waals surface area contributed by atoms with Crippen LogP contribution in [-0.4, -0.2) is 25.2 Å². The second-order valence-corrected chi connectivity index (χ2v) is 9.01. The summed E-state index contributed by atoms with van der Waals surface area (Å²) in [6, 6.07) is 19.4. The van der Waals surface area contributed by atoms with Crippen LogP contribution in [0, 0.1) is 0 Å². The summed E-state index contributed by atoms with van der Waals surface area (Å²) in [4.78, 5) is 12.8. The van der Waals surface area contributed by atoms with Gasteiger partial charge in [0.25, 0.3) is 5.91 Å². The Balaban J connectivity index is 1.50. The van der Waals surface area contributed by atoms with Gasteiger partial charge in [-0.3, -0.25) is 4.79 Å². The van der Waals surface area contributed by atoms with Crippen LogP contribution in [-0.2, 0) is 23.0 Å². The first kappa shape index (κ1) is 17.9. The molecule has 1 N–H and O–H groups in total. The van der Waals surface area contributed by atoms with Crippen molar-refractivity contribution in [2.75, 3.05) is 11.9 Å². The standard InChI is InChI=1S/C22H18N2O4S/c25-22-18-13-17(9-10-20(18)28-21-8-4-3-7-19(21)23-22)29(26,27)24-12-11-15-5-1-2-6-16(15)14-24/h1-10,13H,11-12,14H2,(H,23,25). The molecule has 5 rings (SSSR count). The molecular formula is C22H18N2O4S. The van der Waals surface area contributed by atoms with Crippen molar-refractivity contribution in [3.63, 3.8) is 0 Å². The second-order valence-electron chi connectivity index (χ2n) is 7.07. The van der Waals surface area contributed by atoms with Gasteiger partial charge in [0.1, 0.15) is 5.75 Å². The molecular weight excluding hydrogens is 388 g/mol. The summed E-state index contributed by atoms with van der Waals surface area (Å²) in [7, 11) is -3.74. The number of fused-ring (bicyclic) bond motifs is 3. The fourth-order valence-corrected chi connectivity index (χ4v) is 5.17. The smallest absolute Gasteiger partial charge is 0.259 e. The highest BCUT2D eigenvalue weighted by molar-refractivity contribution is 7.89. The molecule has 29 heavy (non-hydrogen) atoms. The average Bonchev–Trinajstić information content (AvgIpc) is 2.88. The third-order valence-electron chi connectivity index (χ3n) is 5.28. The van der Waals surface area contributed by atoms with E-state index in [9.17, 15) is 13.2 Å². The summed E-state index contributed by atoms with van der Waals surface area (Å²) < 4.78 is 33.8. The number of hydrogen-bond donors (Lipinski definition) is 1. The molecule has 0 aliphatic carbocycles. The van der Waals surface area contributed by atoms with Crippen LogP contribution in [0.4, 0.5) is 5.69 Å². The van der Waals surface area contributed by atoms with Crippen LogP contribution < -0.4 is 10.1 Å². The molecule has 146 valence electrons. The molecule has 1 amide bonds. The fraction of sp³-hybridized carbons (Fsp3) is 0.136. The van der Waals surface area contributed by atoms with Crippen LogP contribution in [0.3, 0.4) is 0 Å². The Morgan fingerprint density at radius 2 is 1.66 bits per heavy atom.